The van der Waals surface area contributed by atoms with E-state index < -0.39 is 11.2 Å². The highest BCUT2D eigenvalue weighted by Gasteiger charge is 2.02. The van der Waals surface area contributed by atoms with E-state index in [1.54, 1.807) is 12.1 Å². The molecule has 0 bridgehead atoms. The van der Waals surface area contributed by atoms with Gasteiger partial charge in [0.25, 0.3) is 5.56 Å². The van der Waals surface area contributed by atoms with Crippen molar-refractivity contribution in [2.75, 3.05) is 5.73 Å². The van der Waals surface area contributed by atoms with Gasteiger partial charge >= 0.3 is 5.69 Å². The van der Waals surface area contributed by atoms with E-state index in [4.69, 9.17) is 5.73 Å². The topological polar surface area (TPSA) is 91.7 Å². The van der Waals surface area contributed by atoms with Gasteiger partial charge in [-0.25, -0.2) is 4.79 Å². The van der Waals surface area contributed by atoms with Gasteiger partial charge in [-0.2, -0.15) is 0 Å². The first kappa shape index (κ1) is 10.2. The fourth-order valence-electron chi connectivity index (χ4n) is 1.47. The highest BCUT2D eigenvalue weighted by atomic mass is 16.2. The molecule has 2 aromatic rings. The molecule has 0 fully saturated rings. The van der Waals surface area contributed by atoms with Crippen molar-refractivity contribution in [3.05, 3.63) is 50.7 Å². The maximum Gasteiger partial charge on any atom is 0.326 e. The number of aromatic amines is 2. The van der Waals surface area contributed by atoms with Gasteiger partial charge in [0.1, 0.15) is 0 Å². The molecule has 0 aliphatic carbocycles. The lowest BCUT2D eigenvalue weighted by atomic mass is 10.1. The minimum absolute atomic E-state index is 0.423. The van der Waals surface area contributed by atoms with Crippen LogP contribution in [-0.4, -0.2) is 9.97 Å². The Morgan fingerprint density at radius 2 is 1.88 bits per heavy atom. The van der Waals surface area contributed by atoms with Crippen LogP contribution < -0.4 is 17.0 Å². The molecule has 16 heavy (non-hydrogen) atoms. The predicted octanol–water partition coefficient (Wildman–Crippen LogP) is 0.621. The van der Waals surface area contributed by atoms with Crippen LogP contribution in [-0.2, 0) is 0 Å². The highest BCUT2D eigenvalue weighted by Crippen LogP contribution is 2.19. The molecular formula is C11H11N3O2. The molecule has 5 nitrogen and oxygen atoms in total. The first-order valence-electron chi connectivity index (χ1n) is 4.76. The summed E-state index contributed by atoms with van der Waals surface area (Å²) in [6, 6.07) is 6.66. The van der Waals surface area contributed by atoms with Gasteiger partial charge in [-0.05, 0) is 30.2 Å². The number of aromatic nitrogens is 2. The molecule has 0 aliphatic heterocycles. The van der Waals surface area contributed by atoms with Crippen molar-refractivity contribution < 1.29 is 0 Å². The van der Waals surface area contributed by atoms with Crippen LogP contribution in [0.1, 0.15) is 5.56 Å². The zero-order chi connectivity index (χ0) is 11.7. The molecule has 4 N–H and O–H groups in total. The van der Waals surface area contributed by atoms with E-state index in [0.29, 0.717) is 11.4 Å². The Morgan fingerprint density at radius 3 is 2.50 bits per heavy atom. The minimum Gasteiger partial charge on any atom is -0.399 e. The van der Waals surface area contributed by atoms with Gasteiger partial charge in [0.2, 0.25) is 0 Å². The van der Waals surface area contributed by atoms with Gasteiger partial charge in [-0.15, -0.1) is 0 Å². The van der Waals surface area contributed by atoms with Crippen molar-refractivity contribution in [2.45, 2.75) is 6.92 Å². The molecule has 0 saturated carbocycles. The van der Waals surface area contributed by atoms with E-state index in [1.165, 1.54) is 6.07 Å². The molecule has 0 unspecified atom stereocenters. The molecular weight excluding hydrogens is 206 g/mol. The van der Waals surface area contributed by atoms with Crippen LogP contribution in [0.2, 0.25) is 0 Å². The van der Waals surface area contributed by atoms with E-state index in [-0.39, 0.29) is 0 Å². The summed E-state index contributed by atoms with van der Waals surface area (Å²) in [6.45, 7) is 1.87. The van der Waals surface area contributed by atoms with Gasteiger partial charge < -0.3 is 10.7 Å². The maximum absolute atomic E-state index is 11.1. The number of anilines is 1. The van der Waals surface area contributed by atoms with Crippen molar-refractivity contribution in [2.24, 2.45) is 0 Å². The number of nitrogen functional groups attached to an aromatic ring is 1. The van der Waals surface area contributed by atoms with Crippen molar-refractivity contribution in [3.8, 4) is 11.3 Å². The highest BCUT2D eigenvalue weighted by molar-refractivity contribution is 5.64. The third-order valence-electron chi connectivity index (χ3n) is 2.34. The Morgan fingerprint density at radius 1 is 1.12 bits per heavy atom. The number of nitrogens with two attached hydrogens (primary N) is 1. The van der Waals surface area contributed by atoms with Crippen molar-refractivity contribution >= 4 is 5.69 Å². The maximum atomic E-state index is 11.1. The first-order valence-corrected chi connectivity index (χ1v) is 4.76. The summed E-state index contributed by atoms with van der Waals surface area (Å²) in [4.78, 5) is 26.9. The van der Waals surface area contributed by atoms with Crippen molar-refractivity contribution in [1.29, 1.82) is 0 Å². The second-order valence-corrected chi connectivity index (χ2v) is 3.57. The lowest BCUT2D eigenvalue weighted by Crippen LogP contribution is -2.21. The van der Waals surface area contributed by atoms with Gasteiger partial charge in [0.05, 0.1) is 5.69 Å². The minimum atomic E-state index is -0.517. The molecule has 0 amide bonds. The summed E-state index contributed by atoms with van der Waals surface area (Å²) >= 11 is 0. The quantitative estimate of drug-likeness (QED) is 0.611. The molecule has 82 valence electrons. The smallest absolute Gasteiger partial charge is 0.326 e. The normalized spacial score (nSPS) is 10.3. The van der Waals surface area contributed by atoms with Crippen LogP contribution in [0.5, 0.6) is 0 Å². The van der Waals surface area contributed by atoms with E-state index in [1.807, 2.05) is 13.0 Å². The Hall–Kier alpha value is -2.30. The van der Waals surface area contributed by atoms with E-state index in [0.717, 1.165) is 11.1 Å². The van der Waals surface area contributed by atoms with Gasteiger partial charge in [0.15, 0.2) is 0 Å². The van der Waals surface area contributed by atoms with Gasteiger partial charge in [0, 0.05) is 11.8 Å². The van der Waals surface area contributed by atoms with Crippen LogP contribution in [0.4, 0.5) is 5.69 Å². The Bertz CT molecular complexity index is 612. The summed E-state index contributed by atoms with van der Waals surface area (Å²) in [7, 11) is 0. The lowest BCUT2D eigenvalue weighted by molar-refractivity contribution is 1.04. The van der Waals surface area contributed by atoms with Gasteiger partial charge in [-0.3, -0.25) is 9.78 Å². The standard InChI is InChI=1S/C11H11N3O2/c1-6-4-7(2-3-8(6)12)9-5-10(15)14-11(16)13-9/h2-5H,12H2,1H3,(H2,13,14,15,16). The van der Waals surface area contributed by atoms with Crippen LogP contribution in [0.3, 0.4) is 0 Å². The number of hydrogen-bond acceptors (Lipinski definition) is 3. The second kappa shape index (κ2) is 3.69. The average molecular weight is 217 g/mol. The van der Waals surface area contributed by atoms with E-state index >= 15 is 0 Å². The second-order valence-electron chi connectivity index (χ2n) is 3.57. The van der Waals surface area contributed by atoms with Crippen LogP contribution in [0.25, 0.3) is 11.3 Å². The van der Waals surface area contributed by atoms with Crippen molar-refractivity contribution in [3.63, 3.8) is 0 Å². The molecule has 0 saturated heterocycles. The molecule has 5 heteroatoms. The molecule has 0 spiro atoms. The summed E-state index contributed by atoms with van der Waals surface area (Å²) in [6.07, 6.45) is 0. The van der Waals surface area contributed by atoms with E-state index in [9.17, 15) is 9.59 Å². The number of hydrogen-bond donors (Lipinski definition) is 3. The molecule has 1 heterocycles. The van der Waals surface area contributed by atoms with E-state index in [2.05, 4.69) is 9.97 Å². The molecule has 1 aromatic heterocycles. The zero-order valence-corrected chi connectivity index (χ0v) is 8.70. The molecule has 2 rings (SSSR count). The number of H-pyrrole nitrogens is 2. The fraction of sp³-hybridized carbons (Fsp3) is 0.0909. The lowest BCUT2D eigenvalue weighted by Gasteiger charge is -2.04. The Labute approximate surface area is 91.0 Å². The summed E-state index contributed by atoms with van der Waals surface area (Å²) < 4.78 is 0. The average Bonchev–Trinajstić information content (AvgIpc) is 2.20. The molecule has 1 aromatic carbocycles. The Kier molecular flexibility index (Phi) is 2.36. The van der Waals surface area contributed by atoms with Gasteiger partial charge in [-0.1, -0.05) is 6.07 Å². The third-order valence-corrected chi connectivity index (χ3v) is 2.34. The molecule has 0 atom stereocenters. The Balaban J connectivity index is 2.63. The monoisotopic (exact) mass is 217 g/mol. The molecule has 0 aliphatic rings. The van der Waals surface area contributed by atoms with Crippen LogP contribution in [0, 0.1) is 6.92 Å². The largest absolute Gasteiger partial charge is 0.399 e. The zero-order valence-electron chi connectivity index (χ0n) is 8.70. The third kappa shape index (κ3) is 1.88. The first-order chi connectivity index (χ1) is 7.56. The summed E-state index contributed by atoms with van der Waals surface area (Å²) in [5, 5.41) is 0. The van der Waals surface area contributed by atoms with Crippen molar-refractivity contribution in [1.82, 2.24) is 9.97 Å². The van der Waals surface area contributed by atoms with Crippen LogP contribution >= 0.6 is 0 Å². The summed E-state index contributed by atoms with van der Waals surface area (Å²) in [5.74, 6) is 0. The number of rotatable bonds is 1. The number of benzene rings is 1. The van der Waals surface area contributed by atoms with Crippen LogP contribution in [0.15, 0.2) is 33.9 Å². The number of nitrogens with one attached hydrogen (secondary N) is 2. The SMILES string of the molecule is Cc1cc(-c2cc(=O)[nH]c(=O)[nH]2)ccc1N. The predicted molar refractivity (Wildman–Crippen MR) is 62.3 cm³/mol. The summed E-state index contributed by atoms with van der Waals surface area (Å²) in [5.41, 5.74) is 7.57. The number of aryl methyl sites for hydroxylation is 1. The molecule has 0 radical (unpaired) electrons. The fourth-order valence-corrected chi connectivity index (χ4v) is 1.47.